The second-order valence-electron chi connectivity index (χ2n) is 19.2. The maximum atomic E-state index is 12.8. The van der Waals surface area contributed by atoms with E-state index in [-0.39, 0.29) is 31.1 Å². The molecule has 6 heteroatoms. The van der Waals surface area contributed by atoms with E-state index >= 15 is 0 Å². The first-order valence-electron chi connectivity index (χ1n) is 28.5. The molecule has 0 fully saturated rings. The predicted octanol–water partition coefficient (Wildman–Crippen LogP) is 18.9. The highest BCUT2D eigenvalue weighted by molar-refractivity contribution is 5.71. The zero-order valence-corrected chi connectivity index (χ0v) is 43.5. The van der Waals surface area contributed by atoms with Crippen molar-refractivity contribution in [2.45, 2.75) is 309 Å². The van der Waals surface area contributed by atoms with Crippen molar-refractivity contribution < 1.29 is 28.6 Å². The quantitative estimate of drug-likeness (QED) is 0.0262. The minimum Gasteiger partial charge on any atom is -0.462 e. The van der Waals surface area contributed by atoms with Crippen LogP contribution >= 0.6 is 0 Å². The summed E-state index contributed by atoms with van der Waals surface area (Å²) in [6.45, 7) is 6.63. The number of hydrogen-bond donors (Lipinski definition) is 0. The molecular formula is C59H108O6. The summed E-state index contributed by atoms with van der Waals surface area (Å²) in [7, 11) is 0. The van der Waals surface area contributed by atoms with Gasteiger partial charge in [0.05, 0.1) is 0 Å². The number of ether oxygens (including phenoxy) is 3. The fourth-order valence-electron chi connectivity index (χ4n) is 8.33. The van der Waals surface area contributed by atoms with Gasteiger partial charge in [-0.15, -0.1) is 0 Å². The van der Waals surface area contributed by atoms with E-state index in [4.69, 9.17) is 14.2 Å². The maximum Gasteiger partial charge on any atom is 0.306 e. The predicted molar refractivity (Wildman–Crippen MR) is 279 cm³/mol. The van der Waals surface area contributed by atoms with Crippen molar-refractivity contribution >= 4 is 17.9 Å². The van der Waals surface area contributed by atoms with Gasteiger partial charge in [-0.05, 0) is 57.8 Å². The molecule has 0 radical (unpaired) electrons. The van der Waals surface area contributed by atoms with Crippen LogP contribution in [0.25, 0.3) is 0 Å². The summed E-state index contributed by atoms with van der Waals surface area (Å²) in [5, 5.41) is 0. The van der Waals surface area contributed by atoms with E-state index in [1.54, 1.807) is 0 Å². The first-order valence-corrected chi connectivity index (χ1v) is 28.5. The Kier molecular flexibility index (Phi) is 52.3. The molecule has 0 saturated heterocycles. The van der Waals surface area contributed by atoms with E-state index < -0.39 is 6.10 Å². The van der Waals surface area contributed by atoms with Crippen LogP contribution in [-0.4, -0.2) is 37.2 Å². The molecular weight excluding hydrogens is 805 g/mol. The van der Waals surface area contributed by atoms with Crippen LogP contribution in [0, 0.1) is 0 Å². The van der Waals surface area contributed by atoms with Gasteiger partial charge >= 0.3 is 17.9 Å². The molecule has 0 aliphatic carbocycles. The van der Waals surface area contributed by atoms with Crippen LogP contribution < -0.4 is 0 Å². The lowest BCUT2D eigenvalue weighted by atomic mass is 10.0. The van der Waals surface area contributed by atoms with Gasteiger partial charge in [-0.2, -0.15) is 0 Å². The van der Waals surface area contributed by atoms with E-state index in [2.05, 4.69) is 57.2 Å². The number of unbranched alkanes of at least 4 members (excludes halogenated alkanes) is 35. The fourth-order valence-corrected chi connectivity index (χ4v) is 8.33. The van der Waals surface area contributed by atoms with E-state index in [1.807, 2.05) is 0 Å². The molecule has 0 aromatic heterocycles. The Labute approximate surface area is 404 Å². The number of esters is 3. The Morgan fingerprint density at radius 2 is 0.554 bits per heavy atom. The number of rotatable bonds is 52. The fraction of sp³-hybridized carbons (Fsp3) is 0.847. The Bertz CT molecular complexity index is 1090. The molecule has 0 aromatic rings. The van der Waals surface area contributed by atoms with Crippen LogP contribution in [0.3, 0.4) is 0 Å². The SMILES string of the molecule is CCCCC/C=C\C/C=C\C/C=C\CCCCCCC(=O)OC[C@@H](COC(=O)CCCCCCCCCCCCCCC)OC(=O)CCCCCCCCCCCCCCCCCCC. The highest BCUT2D eigenvalue weighted by atomic mass is 16.6. The van der Waals surface area contributed by atoms with Crippen LogP contribution in [0.15, 0.2) is 36.5 Å². The zero-order chi connectivity index (χ0) is 47.2. The summed E-state index contributed by atoms with van der Waals surface area (Å²) in [5.41, 5.74) is 0. The average Bonchev–Trinajstić information content (AvgIpc) is 3.30. The van der Waals surface area contributed by atoms with Crippen molar-refractivity contribution in [3.05, 3.63) is 36.5 Å². The summed E-state index contributed by atoms with van der Waals surface area (Å²) in [5.74, 6) is -0.879. The normalized spacial score (nSPS) is 12.2. The van der Waals surface area contributed by atoms with E-state index in [0.29, 0.717) is 19.3 Å². The molecule has 0 unspecified atom stereocenters. The van der Waals surface area contributed by atoms with Crippen molar-refractivity contribution in [2.75, 3.05) is 13.2 Å². The lowest BCUT2D eigenvalue weighted by Gasteiger charge is -2.18. The van der Waals surface area contributed by atoms with Gasteiger partial charge in [0, 0.05) is 19.3 Å². The summed E-state index contributed by atoms with van der Waals surface area (Å²) >= 11 is 0. The van der Waals surface area contributed by atoms with Gasteiger partial charge in [-0.1, -0.05) is 263 Å². The third kappa shape index (κ3) is 52.5. The maximum absolute atomic E-state index is 12.8. The molecule has 0 amide bonds. The standard InChI is InChI=1S/C59H108O6/c1-4-7-10-13-16-19-22-25-27-29-31-34-37-40-43-46-49-52-58(61)64-55-56(54-63-57(60)51-48-45-42-39-36-33-24-21-18-15-12-9-6-3)65-59(62)53-50-47-44-41-38-35-32-30-28-26-23-20-17-14-11-8-5-2/h16,19,25,27,31,34,56H,4-15,17-18,20-24,26,28-30,32-33,35-55H2,1-3H3/b19-16-,27-25-,34-31-/t56-/m1/s1. The van der Waals surface area contributed by atoms with Crippen molar-refractivity contribution in [1.82, 2.24) is 0 Å². The van der Waals surface area contributed by atoms with Crippen molar-refractivity contribution in [2.24, 2.45) is 0 Å². The summed E-state index contributed by atoms with van der Waals surface area (Å²) in [6, 6.07) is 0. The lowest BCUT2D eigenvalue weighted by Crippen LogP contribution is -2.30. The Morgan fingerprint density at radius 1 is 0.308 bits per heavy atom. The largest absolute Gasteiger partial charge is 0.462 e. The first kappa shape index (κ1) is 62.6. The molecule has 1 atom stereocenters. The van der Waals surface area contributed by atoms with E-state index in [0.717, 1.165) is 83.5 Å². The molecule has 0 spiro atoms. The van der Waals surface area contributed by atoms with Crippen molar-refractivity contribution in [3.63, 3.8) is 0 Å². The molecule has 0 bridgehead atoms. The lowest BCUT2D eigenvalue weighted by molar-refractivity contribution is -0.167. The number of carbonyl (C=O) groups is 3. The Balaban J connectivity index is 4.37. The van der Waals surface area contributed by atoms with Gasteiger partial charge in [0.1, 0.15) is 13.2 Å². The van der Waals surface area contributed by atoms with Crippen LogP contribution in [0.2, 0.25) is 0 Å². The molecule has 6 nitrogen and oxygen atoms in total. The van der Waals surface area contributed by atoms with Gasteiger partial charge in [0.2, 0.25) is 0 Å². The van der Waals surface area contributed by atoms with Crippen LogP contribution in [-0.2, 0) is 28.6 Å². The van der Waals surface area contributed by atoms with Crippen molar-refractivity contribution in [3.8, 4) is 0 Å². The highest BCUT2D eigenvalue weighted by Gasteiger charge is 2.19. The second-order valence-corrected chi connectivity index (χ2v) is 19.2. The van der Waals surface area contributed by atoms with E-state index in [9.17, 15) is 14.4 Å². The molecule has 0 rings (SSSR count). The van der Waals surface area contributed by atoms with Gasteiger partial charge in [-0.25, -0.2) is 0 Å². The van der Waals surface area contributed by atoms with Gasteiger partial charge in [-0.3, -0.25) is 14.4 Å². The molecule has 380 valence electrons. The molecule has 65 heavy (non-hydrogen) atoms. The van der Waals surface area contributed by atoms with Crippen molar-refractivity contribution in [1.29, 1.82) is 0 Å². The summed E-state index contributed by atoms with van der Waals surface area (Å²) in [4.78, 5) is 38.1. The summed E-state index contributed by atoms with van der Waals surface area (Å²) < 4.78 is 16.9. The monoisotopic (exact) mass is 913 g/mol. The Hall–Kier alpha value is -2.37. The molecule has 0 aliphatic rings. The number of hydrogen-bond acceptors (Lipinski definition) is 6. The molecule has 0 aromatic carbocycles. The minimum absolute atomic E-state index is 0.0746. The number of allylic oxidation sites excluding steroid dienone is 6. The van der Waals surface area contributed by atoms with Gasteiger partial charge in [0.25, 0.3) is 0 Å². The first-order chi connectivity index (χ1) is 32.0. The molecule has 0 aliphatic heterocycles. The average molecular weight is 914 g/mol. The molecule has 0 N–H and O–H groups in total. The molecule has 0 saturated carbocycles. The topological polar surface area (TPSA) is 78.9 Å². The third-order valence-electron chi connectivity index (χ3n) is 12.6. The smallest absolute Gasteiger partial charge is 0.306 e. The van der Waals surface area contributed by atoms with Gasteiger partial charge < -0.3 is 14.2 Å². The molecule has 0 heterocycles. The van der Waals surface area contributed by atoms with E-state index in [1.165, 1.54) is 180 Å². The number of carbonyl (C=O) groups excluding carboxylic acids is 3. The van der Waals surface area contributed by atoms with Crippen LogP contribution in [0.1, 0.15) is 303 Å². The second kappa shape index (κ2) is 54.2. The zero-order valence-electron chi connectivity index (χ0n) is 43.5. The van der Waals surface area contributed by atoms with Crippen LogP contribution in [0.4, 0.5) is 0 Å². The third-order valence-corrected chi connectivity index (χ3v) is 12.6. The van der Waals surface area contributed by atoms with Gasteiger partial charge in [0.15, 0.2) is 6.10 Å². The van der Waals surface area contributed by atoms with Crippen LogP contribution in [0.5, 0.6) is 0 Å². The highest BCUT2D eigenvalue weighted by Crippen LogP contribution is 2.17. The minimum atomic E-state index is -0.776. The Morgan fingerprint density at radius 3 is 0.892 bits per heavy atom. The summed E-state index contributed by atoms with van der Waals surface area (Å²) in [6.07, 6.45) is 64.1.